The Kier molecular flexibility index (Phi) is 5.37. The molecule has 9 nitrogen and oxygen atoms in total. The molecular formula is C20H27N7O2. The molecule has 0 unspecified atom stereocenters. The zero-order chi connectivity index (χ0) is 20.4. The molecule has 2 aromatic rings. The van der Waals surface area contributed by atoms with Gasteiger partial charge in [0.05, 0.1) is 12.2 Å². The standard InChI is InChI=1S/C20H27N7O2/c1-3-21-20(29)26-12-17(13-26)27-14-18(22-23-27)19(28)25-9-7-24(8-10-25)16-6-4-5-15(2)11-16/h4-6,11,14,17H,3,7-10,12-13H2,1-2H3,(H,21,29). The third-order valence-electron chi connectivity index (χ3n) is 5.51. The molecule has 4 rings (SSSR count). The Morgan fingerprint density at radius 1 is 1.14 bits per heavy atom. The van der Waals surface area contributed by atoms with Gasteiger partial charge in [0.15, 0.2) is 5.69 Å². The number of nitrogens with one attached hydrogen (secondary N) is 1. The van der Waals surface area contributed by atoms with Gasteiger partial charge < -0.3 is 20.0 Å². The summed E-state index contributed by atoms with van der Waals surface area (Å²) in [5.74, 6) is -0.0833. The van der Waals surface area contributed by atoms with Crippen molar-refractivity contribution in [3.05, 3.63) is 41.7 Å². The summed E-state index contributed by atoms with van der Waals surface area (Å²) < 4.78 is 1.70. The summed E-state index contributed by atoms with van der Waals surface area (Å²) in [6.07, 6.45) is 1.70. The molecule has 0 saturated carbocycles. The molecule has 29 heavy (non-hydrogen) atoms. The van der Waals surface area contributed by atoms with E-state index < -0.39 is 0 Å². The second kappa shape index (κ2) is 8.10. The molecule has 0 atom stereocenters. The molecule has 0 spiro atoms. The van der Waals surface area contributed by atoms with Gasteiger partial charge in [-0.3, -0.25) is 4.79 Å². The van der Waals surface area contributed by atoms with Crippen LogP contribution in [0, 0.1) is 6.92 Å². The third-order valence-corrected chi connectivity index (χ3v) is 5.51. The fraction of sp³-hybridized carbons (Fsp3) is 0.500. The molecule has 2 aliphatic rings. The number of urea groups is 1. The number of hydrogen-bond donors (Lipinski definition) is 1. The molecule has 0 bridgehead atoms. The van der Waals surface area contributed by atoms with Gasteiger partial charge in [0.2, 0.25) is 0 Å². The van der Waals surface area contributed by atoms with Crippen LogP contribution < -0.4 is 10.2 Å². The SMILES string of the molecule is CCNC(=O)N1CC(n2cc(C(=O)N3CCN(c4cccc(C)c4)CC3)nn2)C1. The lowest BCUT2D eigenvalue weighted by atomic mass is 10.1. The lowest BCUT2D eigenvalue weighted by Gasteiger charge is -2.38. The van der Waals surface area contributed by atoms with Gasteiger partial charge in [-0.15, -0.1) is 5.10 Å². The van der Waals surface area contributed by atoms with Crippen molar-refractivity contribution >= 4 is 17.6 Å². The van der Waals surface area contributed by atoms with Crippen molar-refractivity contribution in [2.24, 2.45) is 0 Å². The van der Waals surface area contributed by atoms with E-state index in [-0.39, 0.29) is 18.0 Å². The predicted octanol–water partition coefficient (Wildman–Crippen LogP) is 1.14. The van der Waals surface area contributed by atoms with Crippen LogP contribution >= 0.6 is 0 Å². The Hall–Kier alpha value is -3.10. The molecule has 3 heterocycles. The molecule has 3 amide bonds. The Balaban J connectivity index is 1.31. The first-order chi connectivity index (χ1) is 14.0. The summed E-state index contributed by atoms with van der Waals surface area (Å²) in [6, 6.07) is 8.44. The second-order valence-electron chi connectivity index (χ2n) is 7.60. The van der Waals surface area contributed by atoms with Crippen molar-refractivity contribution in [1.82, 2.24) is 30.1 Å². The zero-order valence-corrected chi connectivity index (χ0v) is 16.9. The highest BCUT2D eigenvalue weighted by atomic mass is 16.2. The maximum Gasteiger partial charge on any atom is 0.317 e. The topological polar surface area (TPSA) is 86.6 Å². The largest absolute Gasteiger partial charge is 0.368 e. The summed E-state index contributed by atoms with van der Waals surface area (Å²) >= 11 is 0. The quantitative estimate of drug-likeness (QED) is 0.836. The van der Waals surface area contributed by atoms with Crippen LogP contribution in [0.2, 0.25) is 0 Å². The monoisotopic (exact) mass is 397 g/mol. The average molecular weight is 397 g/mol. The van der Waals surface area contributed by atoms with Gasteiger partial charge in [-0.05, 0) is 31.5 Å². The minimum atomic E-state index is -0.0833. The smallest absolute Gasteiger partial charge is 0.317 e. The van der Waals surface area contributed by atoms with Crippen LogP contribution in [0.1, 0.15) is 29.0 Å². The summed E-state index contributed by atoms with van der Waals surface area (Å²) in [5, 5.41) is 11.0. The number of aryl methyl sites for hydroxylation is 1. The van der Waals surface area contributed by atoms with Crippen molar-refractivity contribution < 1.29 is 9.59 Å². The van der Waals surface area contributed by atoms with Gasteiger partial charge >= 0.3 is 6.03 Å². The third kappa shape index (κ3) is 4.03. The first kappa shape index (κ1) is 19.2. The molecule has 9 heteroatoms. The normalized spacial score (nSPS) is 17.2. The number of rotatable bonds is 4. The molecule has 2 saturated heterocycles. The van der Waals surface area contributed by atoms with Crippen molar-refractivity contribution in [2.45, 2.75) is 19.9 Å². The van der Waals surface area contributed by atoms with Crippen LogP contribution in [0.15, 0.2) is 30.5 Å². The van der Waals surface area contributed by atoms with Crippen LogP contribution in [0.3, 0.4) is 0 Å². The van der Waals surface area contributed by atoms with Gasteiger partial charge in [0, 0.05) is 51.5 Å². The fourth-order valence-corrected chi connectivity index (χ4v) is 3.76. The van der Waals surface area contributed by atoms with Crippen LogP contribution in [0.25, 0.3) is 0 Å². The number of benzene rings is 1. The number of carbonyl (C=O) groups excluding carboxylic acids is 2. The molecule has 2 fully saturated rings. The van der Waals surface area contributed by atoms with E-state index in [9.17, 15) is 9.59 Å². The van der Waals surface area contributed by atoms with E-state index in [2.05, 4.69) is 51.7 Å². The van der Waals surface area contributed by atoms with Crippen LogP contribution in [0.5, 0.6) is 0 Å². The molecule has 2 aliphatic heterocycles. The molecule has 154 valence electrons. The number of aromatic nitrogens is 3. The highest BCUT2D eigenvalue weighted by Gasteiger charge is 2.33. The van der Waals surface area contributed by atoms with Crippen molar-refractivity contribution in [1.29, 1.82) is 0 Å². The predicted molar refractivity (Wildman–Crippen MR) is 109 cm³/mol. The first-order valence-electron chi connectivity index (χ1n) is 10.1. The number of piperazine rings is 1. The van der Waals surface area contributed by atoms with E-state index in [1.807, 2.05) is 11.8 Å². The van der Waals surface area contributed by atoms with E-state index in [0.717, 1.165) is 13.1 Å². The van der Waals surface area contributed by atoms with E-state index in [4.69, 9.17) is 0 Å². The van der Waals surface area contributed by atoms with E-state index >= 15 is 0 Å². The number of amides is 3. The Bertz CT molecular complexity index is 882. The summed E-state index contributed by atoms with van der Waals surface area (Å²) in [4.78, 5) is 30.5. The van der Waals surface area contributed by atoms with Gasteiger partial charge in [0.1, 0.15) is 0 Å². The highest BCUT2D eigenvalue weighted by molar-refractivity contribution is 5.92. The second-order valence-corrected chi connectivity index (χ2v) is 7.60. The molecule has 1 aromatic heterocycles. The van der Waals surface area contributed by atoms with Crippen LogP contribution in [-0.2, 0) is 0 Å². The van der Waals surface area contributed by atoms with Gasteiger partial charge in [-0.1, -0.05) is 17.3 Å². The van der Waals surface area contributed by atoms with E-state index in [1.54, 1.807) is 15.8 Å². The van der Waals surface area contributed by atoms with Gasteiger partial charge in [0.25, 0.3) is 5.91 Å². The molecule has 0 aliphatic carbocycles. The van der Waals surface area contributed by atoms with Crippen LogP contribution in [-0.4, -0.2) is 82.5 Å². The lowest BCUT2D eigenvalue weighted by molar-refractivity contribution is 0.0740. The van der Waals surface area contributed by atoms with E-state index in [1.165, 1.54) is 11.3 Å². The average Bonchev–Trinajstić information content (AvgIpc) is 3.16. The number of anilines is 1. The number of carbonyl (C=O) groups is 2. The Morgan fingerprint density at radius 3 is 2.59 bits per heavy atom. The first-order valence-corrected chi connectivity index (χ1v) is 10.1. The zero-order valence-electron chi connectivity index (χ0n) is 16.9. The molecule has 1 N–H and O–H groups in total. The minimum absolute atomic E-state index is 0.0633. The maximum absolute atomic E-state index is 12.8. The Morgan fingerprint density at radius 2 is 1.90 bits per heavy atom. The lowest BCUT2D eigenvalue weighted by Crippen LogP contribution is -2.54. The number of hydrogen-bond acceptors (Lipinski definition) is 5. The Labute approximate surface area is 170 Å². The minimum Gasteiger partial charge on any atom is -0.368 e. The molecule has 1 aromatic carbocycles. The summed E-state index contributed by atoms with van der Waals surface area (Å²) in [5.41, 5.74) is 2.80. The van der Waals surface area contributed by atoms with E-state index in [0.29, 0.717) is 38.4 Å². The number of nitrogens with zero attached hydrogens (tertiary/aromatic N) is 6. The van der Waals surface area contributed by atoms with Gasteiger partial charge in [-0.25, -0.2) is 9.48 Å². The summed E-state index contributed by atoms with van der Waals surface area (Å²) in [6.45, 7) is 8.67. The van der Waals surface area contributed by atoms with Crippen LogP contribution in [0.4, 0.5) is 10.5 Å². The maximum atomic E-state index is 12.8. The highest BCUT2D eigenvalue weighted by Crippen LogP contribution is 2.21. The number of likely N-dealkylation sites (tertiary alicyclic amines) is 1. The van der Waals surface area contributed by atoms with Crippen molar-refractivity contribution in [3.63, 3.8) is 0 Å². The fourth-order valence-electron chi connectivity index (χ4n) is 3.76. The molecular weight excluding hydrogens is 370 g/mol. The summed E-state index contributed by atoms with van der Waals surface area (Å²) in [7, 11) is 0. The molecule has 0 radical (unpaired) electrons. The van der Waals surface area contributed by atoms with Crippen molar-refractivity contribution in [3.8, 4) is 0 Å². The van der Waals surface area contributed by atoms with Crippen molar-refractivity contribution in [2.75, 3.05) is 50.7 Å². The van der Waals surface area contributed by atoms with Gasteiger partial charge in [-0.2, -0.15) is 0 Å².